The molecule has 0 radical (unpaired) electrons. The van der Waals surface area contributed by atoms with Gasteiger partial charge in [0.05, 0.1) is 29.1 Å². The maximum Gasteiger partial charge on any atom is 0.416 e. The molecule has 14 heteroatoms. The van der Waals surface area contributed by atoms with E-state index in [-0.39, 0.29) is 47.6 Å². The average molecular weight is 632 g/mol. The van der Waals surface area contributed by atoms with E-state index in [2.05, 4.69) is 0 Å². The van der Waals surface area contributed by atoms with E-state index in [0.717, 1.165) is 23.1 Å². The molecule has 1 aliphatic heterocycles. The number of hydrogen-bond donors (Lipinski definition) is 1. The van der Waals surface area contributed by atoms with Crippen molar-refractivity contribution in [3.63, 3.8) is 0 Å². The number of amides is 1. The summed E-state index contributed by atoms with van der Waals surface area (Å²) in [5.74, 6) is -0.850. The fourth-order valence-corrected chi connectivity index (χ4v) is 6.08. The molecule has 0 spiro atoms. The number of halogens is 6. The number of thiocarbonyl (C=S) groups is 1. The van der Waals surface area contributed by atoms with E-state index in [0.29, 0.717) is 39.1 Å². The molecular weight excluding hydrogens is 612 g/mol. The highest BCUT2D eigenvalue weighted by atomic mass is 32.2. The number of hydrogen-bond acceptors (Lipinski definition) is 6. The lowest BCUT2D eigenvalue weighted by molar-refractivity contribution is -0.143. The molecule has 0 bridgehead atoms. The van der Waals surface area contributed by atoms with Crippen LogP contribution in [0.5, 0.6) is 5.75 Å². The minimum atomic E-state index is -4.96. The third-order valence-corrected chi connectivity index (χ3v) is 7.99. The Morgan fingerprint density at radius 1 is 1.00 bits per heavy atom. The molecule has 1 fully saturated rings. The van der Waals surface area contributed by atoms with Crippen molar-refractivity contribution < 1.29 is 45.8 Å². The van der Waals surface area contributed by atoms with Gasteiger partial charge in [-0.3, -0.25) is 14.5 Å². The maximum absolute atomic E-state index is 13.2. The summed E-state index contributed by atoms with van der Waals surface area (Å²) in [6, 6.07) is 9.46. The molecule has 3 aromatic rings. The van der Waals surface area contributed by atoms with Gasteiger partial charge in [-0.05, 0) is 71.0 Å². The van der Waals surface area contributed by atoms with E-state index in [1.807, 2.05) is 0 Å². The van der Waals surface area contributed by atoms with Crippen LogP contribution in [0.2, 0.25) is 0 Å². The third kappa shape index (κ3) is 7.89. The lowest BCUT2D eigenvalue weighted by atomic mass is 10.0. The van der Waals surface area contributed by atoms with Crippen molar-refractivity contribution in [1.29, 1.82) is 0 Å². The van der Waals surface area contributed by atoms with Gasteiger partial charge in [-0.25, -0.2) is 0 Å². The largest absolute Gasteiger partial charge is 0.494 e. The van der Waals surface area contributed by atoms with E-state index in [9.17, 15) is 35.9 Å². The number of carboxylic acid groups (broad SMARTS) is 1. The Morgan fingerprint density at radius 3 is 2.32 bits per heavy atom. The number of alkyl halides is 6. The first kappa shape index (κ1) is 30.6. The lowest BCUT2D eigenvalue weighted by Crippen LogP contribution is -2.29. The Kier molecular flexibility index (Phi) is 9.14. The quantitative estimate of drug-likeness (QED) is 0.113. The number of carboxylic acids is 1. The number of thioether (sulfide) groups is 1. The molecule has 0 saturated carbocycles. The van der Waals surface area contributed by atoms with Gasteiger partial charge >= 0.3 is 18.3 Å². The Labute approximate surface area is 243 Å². The fourth-order valence-electron chi connectivity index (χ4n) is 3.86. The second-order valence-electron chi connectivity index (χ2n) is 8.79. The average Bonchev–Trinajstić information content (AvgIpc) is 3.45. The van der Waals surface area contributed by atoms with E-state index >= 15 is 0 Å². The summed E-state index contributed by atoms with van der Waals surface area (Å²) < 4.78 is 85.4. The molecule has 216 valence electrons. The Hall–Kier alpha value is -3.36. The highest BCUT2D eigenvalue weighted by Crippen LogP contribution is 2.40. The molecule has 1 aliphatic rings. The van der Waals surface area contributed by atoms with Gasteiger partial charge in [-0.2, -0.15) is 26.3 Å². The molecule has 2 aromatic carbocycles. The van der Waals surface area contributed by atoms with Gasteiger partial charge in [-0.1, -0.05) is 36.1 Å². The monoisotopic (exact) mass is 631 g/mol. The zero-order valence-corrected chi connectivity index (χ0v) is 23.2. The Morgan fingerprint density at radius 2 is 1.68 bits per heavy atom. The molecular formula is C27H19F6NO4S3. The number of thiophene rings is 1. The van der Waals surface area contributed by atoms with Crippen LogP contribution in [0.4, 0.5) is 26.3 Å². The Balaban J connectivity index is 1.42. The zero-order valence-electron chi connectivity index (χ0n) is 20.7. The van der Waals surface area contributed by atoms with Crippen LogP contribution in [0, 0.1) is 0 Å². The first-order valence-electron chi connectivity index (χ1n) is 11.8. The number of nitrogens with zero attached hydrogens (tertiary/aromatic N) is 1. The predicted molar refractivity (Wildman–Crippen MR) is 148 cm³/mol. The molecule has 1 aromatic heterocycles. The van der Waals surface area contributed by atoms with E-state index in [1.165, 1.54) is 22.4 Å². The number of carbonyl (C=O) groups is 2. The van der Waals surface area contributed by atoms with Gasteiger partial charge < -0.3 is 9.84 Å². The van der Waals surface area contributed by atoms with Gasteiger partial charge in [-0.15, -0.1) is 11.3 Å². The summed E-state index contributed by atoms with van der Waals surface area (Å²) in [5.41, 5.74) is -2.33. The maximum atomic E-state index is 13.2. The van der Waals surface area contributed by atoms with Crippen molar-refractivity contribution in [1.82, 2.24) is 4.90 Å². The fraction of sp³-hybridized carbons (Fsp3) is 0.222. The summed E-state index contributed by atoms with van der Waals surface area (Å²) in [5, 5.41) is 10.3. The number of carbonyl (C=O) groups excluding carboxylic acids is 1. The van der Waals surface area contributed by atoms with Crippen LogP contribution in [-0.4, -0.2) is 39.4 Å². The van der Waals surface area contributed by atoms with E-state index < -0.39 is 29.4 Å². The number of ether oxygens (including phenoxy) is 1. The number of rotatable bonds is 9. The molecule has 41 heavy (non-hydrogen) atoms. The van der Waals surface area contributed by atoms with Gasteiger partial charge in [0.1, 0.15) is 10.1 Å². The van der Waals surface area contributed by atoms with Crippen molar-refractivity contribution in [2.75, 3.05) is 13.2 Å². The molecule has 0 aliphatic carbocycles. The molecule has 0 unspecified atom stereocenters. The van der Waals surface area contributed by atoms with Gasteiger partial charge in [0.25, 0.3) is 5.91 Å². The molecule has 1 N–H and O–H groups in total. The van der Waals surface area contributed by atoms with E-state index in [1.54, 1.807) is 24.3 Å². The highest BCUT2D eigenvalue weighted by molar-refractivity contribution is 8.26. The molecule has 2 heterocycles. The van der Waals surface area contributed by atoms with Crippen LogP contribution in [0.1, 0.15) is 28.0 Å². The smallest absolute Gasteiger partial charge is 0.416 e. The first-order chi connectivity index (χ1) is 19.2. The Bertz CT molecular complexity index is 1480. The summed E-state index contributed by atoms with van der Waals surface area (Å²) in [6.07, 6.45) is -8.14. The summed E-state index contributed by atoms with van der Waals surface area (Å²) in [6.45, 7) is 0.481. The lowest BCUT2D eigenvalue weighted by Gasteiger charge is -2.14. The van der Waals surface area contributed by atoms with Crippen LogP contribution in [0.25, 0.3) is 17.2 Å². The molecule has 1 amide bonds. The second kappa shape index (κ2) is 12.2. The minimum absolute atomic E-state index is 0.0731. The minimum Gasteiger partial charge on any atom is -0.494 e. The first-order valence-corrected chi connectivity index (χ1v) is 13.9. The van der Waals surface area contributed by atoms with Crippen molar-refractivity contribution in [2.45, 2.75) is 25.2 Å². The third-order valence-electron chi connectivity index (χ3n) is 5.74. The van der Waals surface area contributed by atoms with Crippen molar-refractivity contribution in [3.05, 3.63) is 80.4 Å². The summed E-state index contributed by atoms with van der Waals surface area (Å²) >= 11 is 7.41. The van der Waals surface area contributed by atoms with Crippen LogP contribution < -0.4 is 4.74 Å². The van der Waals surface area contributed by atoms with Crippen molar-refractivity contribution >= 4 is 57.6 Å². The number of aliphatic carboxylic acids is 1. The van der Waals surface area contributed by atoms with E-state index in [4.69, 9.17) is 22.1 Å². The number of benzene rings is 2. The van der Waals surface area contributed by atoms with Crippen LogP contribution in [0.3, 0.4) is 0 Å². The highest BCUT2D eigenvalue weighted by Gasteiger charge is 2.37. The van der Waals surface area contributed by atoms with Crippen LogP contribution in [0.15, 0.2) is 58.8 Å². The van der Waals surface area contributed by atoms with Crippen LogP contribution >= 0.6 is 35.3 Å². The predicted octanol–water partition coefficient (Wildman–Crippen LogP) is 7.75. The topological polar surface area (TPSA) is 66.8 Å². The summed E-state index contributed by atoms with van der Waals surface area (Å²) in [7, 11) is 0. The van der Waals surface area contributed by atoms with Crippen LogP contribution in [-0.2, 0) is 28.4 Å². The van der Waals surface area contributed by atoms with Gasteiger partial charge in [0, 0.05) is 11.4 Å². The van der Waals surface area contributed by atoms with Crippen molar-refractivity contribution in [3.8, 4) is 16.9 Å². The molecule has 1 saturated heterocycles. The molecule has 4 rings (SSSR count). The van der Waals surface area contributed by atoms with Gasteiger partial charge in [0.2, 0.25) is 0 Å². The van der Waals surface area contributed by atoms with Crippen molar-refractivity contribution in [2.24, 2.45) is 0 Å². The molecule has 0 atom stereocenters. The molecule has 5 nitrogen and oxygen atoms in total. The standard InChI is InChI=1S/C27H19F6NO4S3/c28-26(29,30)18-9-16(10-19(12-18)27(31,32)33)17-11-21(40-14-17)13-22-24(37)34(25(39)41-22)5-2-6-38-20-4-1-3-15(7-20)8-23(35)36/h1,3-4,7,9-14H,2,5-6,8H2,(H,35,36). The summed E-state index contributed by atoms with van der Waals surface area (Å²) in [4.78, 5) is 25.9. The SMILES string of the molecule is O=C(O)Cc1cccc(OCCCN2C(=O)C(=Cc3cc(-c4cc(C(F)(F)F)cc(C(F)(F)F)c4)cs3)SC2=S)c1. The van der Waals surface area contributed by atoms with Gasteiger partial charge in [0.15, 0.2) is 0 Å². The second-order valence-corrected chi connectivity index (χ2v) is 11.4. The normalized spacial score (nSPS) is 15.2. The zero-order chi connectivity index (χ0) is 29.9.